The van der Waals surface area contributed by atoms with Gasteiger partial charge in [-0.1, -0.05) is 12.1 Å². The number of aryl methyl sites for hydroxylation is 1. The summed E-state index contributed by atoms with van der Waals surface area (Å²) in [5, 5.41) is 0. The van der Waals surface area contributed by atoms with Crippen molar-refractivity contribution in [1.29, 1.82) is 0 Å². The third-order valence-electron chi connectivity index (χ3n) is 3.08. The van der Waals surface area contributed by atoms with Crippen LogP contribution in [-0.2, 0) is 19.4 Å². The van der Waals surface area contributed by atoms with Crippen LogP contribution in [0.15, 0.2) is 29.2 Å². The number of hydrogen-bond donors (Lipinski definition) is 0. The van der Waals surface area contributed by atoms with Crippen molar-refractivity contribution in [3.05, 3.63) is 29.8 Å². The van der Waals surface area contributed by atoms with Gasteiger partial charge < -0.3 is 4.74 Å². The van der Waals surface area contributed by atoms with Crippen molar-refractivity contribution in [2.45, 2.75) is 29.4 Å². The van der Waals surface area contributed by atoms with Gasteiger partial charge in [-0.3, -0.25) is 4.79 Å². The lowest BCUT2D eigenvalue weighted by Gasteiger charge is -2.14. The molecule has 0 saturated heterocycles. The van der Waals surface area contributed by atoms with Gasteiger partial charge in [-0.05, 0) is 37.5 Å². The number of benzene rings is 1. The van der Waals surface area contributed by atoms with E-state index in [2.05, 4.69) is 4.74 Å². The Morgan fingerprint density at radius 2 is 2.00 bits per heavy atom. The standard InChI is InChI=1S/C12H14O4S/c1-9-4-3-5-10(8-9)17(14,15)12(6-7-12)11(13)16-2/h3-5,8H,6-7H2,1-2H3. The number of ether oxygens (including phenoxy) is 1. The van der Waals surface area contributed by atoms with Crippen LogP contribution in [-0.4, -0.2) is 26.2 Å². The molecule has 1 aromatic carbocycles. The monoisotopic (exact) mass is 254 g/mol. The quantitative estimate of drug-likeness (QED) is 0.766. The van der Waals surface area contributed by atoms with E-state index in [1.807, 2.05) is 13.0 Å². The Morgan fingerprint density at radius 3 is 2.47 bits per heavy atom. The minimum Gasteiger partial charge on any atom is -0.468 e. The fourth-order valence-electron chi connectivity index (χ4n) is 1.89. The van der Waals surface area contributed by atoms with Crippen LogP contribution in [0.4, 0.5) is 0 Å². The van der Waals surface area contributed by atoms with Crippen LogP contribution in [0.2, 0.25) is 0 Å². The molecule has 1 aliphatic rings. The zero-order valence-electron chi connectivity index (χ0n) is 9.76. The van der Waals surface area contributed by atoms with Crippen molar-refractivity contribution >= 4 is 15.8 Å². The number of hydrogen-bond acceptors (Lipinski definition) is 4. The zero-order valence-corrected chi connectivity index (χ0v) is 10.6. The molecule has 1 saturated carbocycles. The lowest BCUT2D eigenvalue weighted by Crippen LogP contribution is -2.33. The summed E-state index contributed by atoms with van der Waals surface area (Å²) < 4.78 is 28.0. The Bertz CT molecular complexity index is 556. The van der Waals surface area contributed by atoms with Crippen molar-refractivity contribution in [2.75, 3.05) is 7.11 Å². The molecule has 17 heavy (non-hydrogen) atoms. The molecule has 0 heterocycles. The third-order valence-corrected chi connectivity index (χ3v) is 5.55. The highest BCUT2D eigenvalue weighted by Crippen LogP contribution is 2.47. The average molecular weight is 254 g/mol. The summed E-state index contributed by atoms with van der Waals surface area (Å²) in [5.74, 6) is -0.654. The highest BCUT2D eigenvalue weighted by atomic mass is 32.2. The summed E-state index contributed by atoms with van der Waals surface area (Å²) in [6.45, 7) is 1.82. The highest BCUT2D eigenvalue weighted by molar-refractivity contribution is 7.94. The maximum absolute atomic E-state index is 12.4. The van der Waals surface area contributed by atoms with E-state index in [0.29, 0.717) is 12.8 Å². The van der Waals surface area contributed by atoms with E-state index in [0.717, 1.165) is 5.56 Å². The Labute approximate surface area is 101 Å². The molecule has 0 N–H and O–H groups in total. The molecule has 1 fully saturated rings. The summed E-state index contributed by atoms with van der Waals surface area (Å²) in [5.41, 5.74) is 0.853. The van der Waals surface area contributed by atoms with E-state index in [1.165, 1.54) is 13.2 Å². The number of esters is 1. The van der Waals surface area contributed by atoms with Gasteiger partial charge in [0, 0.05) is 0 Å². The van der Waals surface area contributed by atoms with Crippen LogP contribution >= 0.6 is 0 Å². The second kappa shape index (κ2) is 3.84. The molecule has 1 aliphatic carbocycles. The van der Waals surface area contributed by atoms with Gasteiger partial charge in [0.25, 0.3) is 0 Å². The van der Waals surface area contributed by atoms with E-state index >= 15 is 0 Å². The topological polar surface area (TPSA) is 60.4 Å². The molecule has 0 spiro atoms. The Kier molecular flexibility index (Phi) is 2.73. The summed E-state index contributed by atoms with van der Waals surface area (Å²) in [6.07, 6.45) is 0.686. The van der Waals surface area contributed by atoms with E-state index in [-0.39, 0.29) is 4.90 Å². The fraction of sp³-hybridized carbons (Fsp3) is 0.417. The Morgan fingerprint density at radius 1 is 1.35 bits per heavy atom. The van der Waals surface area contributed by atoms with Crippen LogP contribution < -0.4 is 0 Å². The summed E-state index contributed by atoms with van der Waals surface area (Å²) in [6, 6.07) is 6.59. The molecule has 1 aromatic rings. The number of rotatable bonds is 3. The van der Waals surface area contributed by atoms with Gasteiger partial charge in [0.1, 0.15) is 0 Å². The first-order valence-electron chi connectivity index (χ1n) is 5.34. The Balaban J connectivity index is 2.48. The number of carbonyl (C=O) groups excluding carboxylic acids is 1. The van der Waals surface area contributed by atoms with Crippen molar-refractivity contribution in [2.24, 2.45) is 0 Å². The molecule has 0 amide bonds. The van der Waals surface area contributed by atoms with Crippen LogP contribution in [0.5, 0.6) is 0 Å². The fourth-order valence-corrected chi connectivity index (χ4v) is 3.88. The lowest BCUT2D eigenvalue weighted by atomic mass is 10.2. The second-order valence-corrected chi connectivity index (χ2v) is 6.57. The molecule has 0 bridgehead atoms. The normalized spacial score (nSPS) is 17.5. The molecule has 92 valence electrons. The predicted molar refractivity (Wildman–Crippen MR) is 62.3 cm³/mol. The maximum atomic E-state index is 12.4. The number of carbonyl (C=O) groups is 1. The third kappa shape index (κ3) is 1.74. The molecule has 0 aromatic heterocycles. The van der Waals surface area contributed by atoms with E-state index in [9.17, 15) is 13.2 Å². The smallest absolute Gasteiger partial charge is 0.327 e. The predicted octanol–water partition coefficient (Wildman–Crippen LogP) is 1.47. The second-order valence-electron chi connectivity index (χ2n) is 4.31. The lowest BCUT2D eigenvalue weighted by molar-refractivity contribution is -0.140. The van der Waals surface area contributed by atoms with Gasteiger partial charge in [0.15, 0.2) is 14.6 Å². The largest absolute Gasteiger partial charge is 0.468 e. The van der Waals surface area contributed by atoms with Gasteiger partial charge in [-0.2, -0.15) is 0 Å². The molecule has 4 nitrogen and oxygen atoms in total. The SMILES string of the molecule is COC(=O)C1(S(=O)(=O)c2cccc(C)c2)CC1. The van der Waals surface area contributed by atoms with Gasteiger partial charge in [0.05, 0.1) is 12.0 Å². The molecular formula is C12H14O4S. The molecule has 0 radical (unpaired) electrons. The minimum absolute atomic E-state index is 0.195. The Hall–Kier alpha value is -1.36. The summed E-state index contributed by atoms with van der Waals surface area (Å²) in [4.78, 5) is 11.8. The minimum atomic E-state index is -3.64. The molecule has 5 heteroatoms. The molecule has 0 aliphatic heterocycles. The molecule has 2 rings (SSSR count). The van der Waals surface area contributed by atoms with E-state index < -0.39 is 20.6 Å². The van der Waals surface area contributed by atoms with Gasteiger partial charge in [-0.25, -0.2) is 8.42 Å². The first kappa shape index (κ1) is 12.1. The zero-order chi connectivity index (χ0) is 12.7. The van der Waals surface area contributed by atoms with Crippen LogP contribution in [0.3, 0.4) is 0 Å². The van der Waals surface area contributed by atoms with Crippen LogP contribution in [0, 0.1) is 6.92 Å². The van der Waals surface area contributed by atoms with E-state index in [4.69, 9.17) is 0 Å². The van der Waals surface area contributed by atoms with E-state index in [1.54, 1.807) is 12.1 Å². The van der Waals surface area contributed by atoms with Crippen LogP contribution in [0.25, 0.3) is 0 Å². The highest BCUT2D eigenvalue weighted by Gasteiger charge is 2.62. The summed E-state index contributed by atoms with van der Waals surface area (Å²) >= 11 is 0. The first-order valence-corrected chi connectivity index (χ1v) is 6.82. The van der Waals surface area contributed by atoms with Crippen molar-refractivity contribution in [1.82, 2.24) is 0 Å². The molecule has 0 atom stereocenters. The number of sulfone groups is 1. The summed E-state index contributed by atoms with van der Waals surface area (Å²) in [7, 11) is -2.42. The molecular weight excluding hydrogens is 240 g/mol. The van der Waals surface area contributed by atoms with Crippen molar-refractivity contribution in [3.63, 3.8) is 0 Å². The van der Waals surface area contributed by atoms with Gasteiger partial charge in [0.2, 0.25) is 0 Å². The molecule has 0 unspecified atom stereocenters. The van der Waals surface area contributed by atoms with Crippen molar-refractivity contribution in [3.8, 4) is 0 Å². The van der Waals surface area contributed by atoms with Crippen LogP contribution in [0.1, 0.15) is 18.4 Å². The van der Waals surface area contributed by atoms with Gasteiger partial charge >= 0.3 is 5.97 Å². The first-order chi connectivity index (χ1) is 7.94. The van der Waals surface area contributed by atoms with Gasteiger partial charge in [-0.15, -0.1) is 0 Å². The van der Waals surface area contributed by atoms with Crippen molar-refractivity contribution < 1.29 is 17.9 Å². The maximum Gasteiger partial charge on any atom is 0.327 e. The number of methoxy groups -OCH3 is 1. The average Bonchev–Trinajstić information content (AvgIpc) is 3.09.